The largest absolute Gasteiger partial charge is 0.349 e. The standard InChI is InChI=1S/C20H28N4OS/c1-23(14-6-4-3-5-7-14)12-11-21-20(25)18-16-8-9-17-15(10-13-26-17)19(16)24(2)22-18/h10,13-14H,3-9,11-12H2,1-2H3,(H,21,25). The predicted molar refractivity (Wildman–Crippen MR) is 106 cm³/mol. The van der Waals surface area contributed by atoms with E-state index in [1.54, 1.807) is 11.3 Å². The number of amides is 1. The molecule has 4 rings (SSSR count). The second-order valence-corrected chi connectivity index (χ2v) is 8.59. The number of carbonyl (C=O) groups excluding carboxylic acids is 1. The van der Waals surface area contributed by atoms with E-state index in [0.29, 0.717) is 18.3 Å². The number of hydrogen-bond donors (Lipinski definition) is 1. The summed E-state index contributed by atoms with van der Waals surface area (Å²) in [6.07, 6.45) is 8.55. The average Bonchev–Trinajstić information content (AvgIpc) is 3.26. The molecule has 0 spiro atoms. The Hall–Kier alpha value is -1.66. The fourth-order valence-electron chi connectivity index (χ4n) is 4.44. The topological polar surface area (TPSA) is 50.2 Å². The molecule has 26 heavy (non-hydrogen) atoms. The Morgan fingerprint density at radius 2 is 2.15 bits per heavy atom. The summed E-state index contributed by atoms with van der Waals surface area (Å²) in [5, 5.41) is 9.78. The van der Waals surface area contributed by atoms with Crippen LogP contribution in [0.4, 0.5) is 0 Å². The molecule has 1 amide bonds. The number of aromatic nitrogens is 2. The highest BCUT2D eigenvalue weighted by molar-refractivity contribution is 7.10. The Kier molecular flexibility index (Phi) is 5.14. The van der Waals surface area contributed by atoms with Crippen molar-refractivity contribution < 1.29 is 4.79 Å². The van der Waals surface area contributed by atoms with Gasteiger partial charge in [-0.15, -0.1) is 11.3 Å². The van der Waals surface area contributed by atoms with E-state index in [4.69, 9.17) is 0 Å². The highest BCUT2D eigenvalue weighted by atomic mass is 32.1. The lowest BCUT2D eigenvalue weighted by Gasteiger charge is -2.31. The number of aryl methyl sites for hydroxylation is 2. The van der Waals surface area contributed by atoms with Gasteiger partial charge in [0.1, 0.15) is 0 Å². The smallest absolute Gasteiger partial charge is 0.272 e. The molecule has 0 saturated heterocycles. The zero-order valence-corrected chi connectivity index (χ0v) is 16.6. The van der Waals surface area contributed by atoms with Crippen LogP contribution in [0.25, 0.3) is 11.3 Å². The highest BCUT2D eigenvalue weighted by Crippen LogP contribution is 2.37. The summed E-state index contributed by atoms with van der Waals surface area (Å²) in [7, 11) is 4.13. The van der Waals surface area contributed by atoms with Gasteiger partial charge in [-0.05, 0) is 44.2 Å². The van der Waals surface area contributed by atoms with Gasteiger partial charge in [0.05, 0.1) is 5.69 Å². The van der Waals surface area contributed by atoms with Gasteiger partial charge in [-0.1, -0.05) is 19.3 Å². The first-order chi connectivity index (χ1) is 12.6. The molecule has 2 aromatic heterocycles. The molecule has 0 aromatic carbocycles. The minimum atomic E-state index is -0.0300. The third-order valence-electron chi connectivity index (χ3n) is 5.91. The fourth-order valence-corrected chi connectivity index (χ4v) is 5.32. The van der Waals surface area contributed by atoms with Gasteiger partial charge in [-0.2, -0.15) is 5.10 Å². The van der Waals surface area contributed by atoms with Gasteiger partial charge in [0, 0.05) is 42.2 Å². The van der Waals surface area contributed by atoms with Gasteiger partial charge in [-0.3, -0.25) is 9.48 Å². The number of hydrogen-bond acceptors (Lipinski definition) is 4. The maximum Gasteiger partial charge on any atom is 0.272 e. The van der Waals surface area contributed by atoms with Gasteiger partial charge in [0.15, 0.2) is 5.69 Å². The van der Waals surface area contributed by atoms with E-state index in [-0.39, 0.29) is 5.91 Å². The maximum atomic E-state index is 12.7. The minimum absolute atomic E-state index is 0.0300. The van der Waals surface area contributed by atoms with Gasteiger partial charge in [0.2, 0.25) is 0 Å². The van der Waals surface area contributed by atoms with Crippen molar-refractivity contribution in [2.24, 2.45) is 7.05 Å². The highest BCUT2D eigenvalue weighted by Gasteiger charge is 2.27. The van der Waals surface area contributed by atoms with Crippen LogP contribution in [0.15, 0.2) is 11.4 Å². The van der Waals surface area contributed by atoms with Gasteiger partial charge in [0.25, 0.3) is 5.91 Å². The van der Waals surface area contributed by atoms with Crippen molar-refractivity contribution in [1.29, 1.82) is 0 Å². The summed E-state index contributed by atoms with van der Waals surface area (Å²) < 4.78 is 1.88. The quantitative estimate of drug-likeness (QED) is 0.877. The Labute approximate surface area is 159 Å². The van der Waals surface area contributed by atoms with Crippen molar-refractivity contribution in [1.82, 2.24) is 20.0 Å². The van der Waals surface area contributed by atoms with Crippen molar-refractivity contribution >= 4 is 17.2 Å². The van der Waals surface area contributed by atoms with E-state index in [2.05, 4.69) is 33.8 Å². The van der Waals surface area contributed by atoms with Crippen LogP contribution in [0.5, 0.6) is 0 Å². The first-order valence-corrected chi connectivity index (χ1v) is 10.6. The van der Waals surface area contributed by atoms with Crippen LogP contribution in [0.2, 0.25) is 0 Å². The van der Waals surface area contributed by atoms with E-state index in [1.807, 2.05) is 11.7 Å². The van der Waals surface area contributed by atoms with Crippen LogP contribution < -0.4 is 5.32 Å². The van der Waals surface area contributed by atoms with Crippen molar-refractivity contribution in [3.05, 3.63) is 27.6 Å². The lowest BCUT2D eigenvalue weighted by atomic mass is 9.94. The molecule has 0 radical (unpaired) electrons. The first-order valence-electron chi connectivity index (χ1n) is 9.76. The molecule has 1 N–H and O–H groups in total. The number of nitrogens with one attached hydrogen (secondary N) is 1. The molecule has 0 aliphatic heterocycles. The second-order valence-electron chi connectivity index (χ2n) is 7.59. The van der Waals surface area contributed by atoms with Crippen LogP contribution >= 0.6 is 11.3 Å². The van der Waals surface area contributed by atoms with Gasteiger partial charge >= 0.3 is 0 Å². The Bertz CT molecular complexity index is 788. The first kappa shape index (κ1) is 17.7. The summed E-state index contributed by atoms with van der Waals surface area (Å²) in [4.78, 5) is 16.5. The lowest BCUT2D eigenvalue weighted by molar-refractivity contribution is 0.0938. The van der Waals surface area contributed by atoms with E-state index in [1.165, 1.54) is 42.5 Å². The molecular formula is C20H28N4OS. The molecule has 2 aromatic rings. The molecule has 2 aliphatic carbocycles. The molecule has 1 saturated carbocycles. The number of carbonyl (C=O) groups is 1. The number of rotatable bonds is 5. The number of nitrogens with zero attached hydrogens (tertiary/aromatic N) is 3. The van der Waals surface area contributed by atoms with Crippen LogP contribution in [-0.2, 0) is 19.9 Å². The molecule has 0 atom stereocenters. The molecule has 0 unspecified atom stereocenters. The molecule has 140 valence electrons. The minimum Gasteiger partial charge on any atom is -0.349 e. The third-order valence-corrected chi connectivity index (χ3v) is 6.89. The third kappa shape index (κ3) is 3.32. The van der Waals surface area contributed by atoms with Gasteiger partial charge < -0.3 is 10.2 Å². The number of fused-ring (bicyclic) bond motifs is 3. The van der Waals surface area contributed by atoms with Crippen molar-refractivity contribution in [2.75, 3.05) is 20.1 Å². The monoisotopic (exact) mass is 372 g/mol. The average molecular weight is 373 g/mol. The molecule has 2 aliphatic rings. The summed E-state index contributed by atoms with van der Waals surface area (Å²) in [6, 6.07) is 2.83. The van der Waals surface area contributed by atoms with E-state index < -0.39 is 0 Å². The van der Waals surface area contributed by atoms with Crippen molar-refractivity contribution in [3.63, 3.8) is 0 Å². The summed E-state index contributed by atoms with van der Waals surface area (Å²) in [5.74, 6) is -0.0300. The molecule has 5 nitrogen and oxygen atoms in total. The number of thiophene rings is 1. The molecule has 2 heterocycles. The zero-order chi connectivity index (χ0) is 18.1. The Balaban J connectivity index is 1.40. The van der Waals surface area contributed by atoms with E-state index in [9.17, 15) is 4.79 Å². The summed E-state index contributed by atoms with van der Waals surface area (Å²) in [5.41, 5.74) is 4.09. The van der Waals surface area contributed by atoms with Crippen LogP contribution in [0.3, 0.4) is 0 Å². The molecule has 1 fully saturated rings. The molecule has 0 bridgehead atoms. The van der Waals surface area contributed by atoms with Gasteiger partial charge in [-0.25, -0.2) is 0 Å². The Morgan fingerprint density at radius 3 is 2.96 bits per heavy atom. The fraction of sp³-hybridized carbons (Fsp3) is 0.600. The Morgan fingerprint density at radius 1 is 1.35 bits per heavy atom. The number of likely N-dealkylation sites (N-methyl/N-ethyl adjacent to an activating group) is 1. The normalized spacial score (nSPS) is 17.2. The van der Waals surface area contributed by atoms with Crippen LogP contribution in [-0.4, -0.2) is 46.8 Å². The van der Waals surface area contributed by atoms with Crippen molar-refractivity contribution in [2.45, 2.75) is 51.0 Å². The summed E-state index contributed by atoms with van der Waals surface area (Å²) >= 11 is 1.80. The summed E-state index contributed by atoms with van der Waals surface area (Å²) in [6.45, 7) is 1.58. The van der Waals surface area contributed by atoms with Crippen LogP contribution in [0, 0.1) is 0 Å². The van der Waals surface area contributed by atoms with E-state index >= 15 is 0 Å². The SMILES string of the molecule is CN(CCNC(=O)c1nn(C)c2c1CCc1sccc1-2)C1CCCCC1. The maximum absolute atomic E-state index is 12.7. The predicted octanol–water partition coefficient (Wildman–Crippen LogP) is 3.24. The zero-order valence-electron chi connectivity index (χ0n) is 15.8. The van der Waals surface area contributed by atoms with Crippen molar-refractivity contribution in [3.8, 4) is 11.3 Å². The van der Waals surface area contributed by atoms with Crippen LogP contribution in [0.1, 0.15) is 53.0 Å². The van der Waals surface area contributed by atoms with E-state index in [0.717, 1.165) is 30.6 Å². The second kappa shape index (κ2) is 7.53. The lowest BCUT2D eigenvalue weighted by Crippen LogP contribution is -2.39. The molecule has 6 heteroatoms. The molecular weight excluding hydrogens is 344 g/mol.